The van der Waals surface area contributed by atoms with Gasteiger partial charge in [-0.15, -0.1) is 0 Å². The number of methoxy groups -OCH3 is 1. The van der Waals surface area contributed by atoms with Gasteiger partial charge in [-0.25, -0.2) is 4.79 Å². The van der Waals surface area contributed by atoms with E-state index in [2.05, 4.69) is 10.6 Å². The Balaban J connectivity index is 1.99. The fourth-order valence-corrected chi connectivity index (χ4v) is 3.67. The zero-order valence-electron chi connectivity index (χ0n) is 12.0. The van der Waals surface area contributed by atoms with E-state index in [-0.39, 0.29) is 11.9 Å². The lowest BCUT2D eigenvalue weighted by atomic mass is 10.1. The second-order valence-electron chi connectivity index (χ2n) is 4.99. The first-order chi connectivity index (χ1) is 9.61. The predicted molar refractivity (Wildman–Crippen MR) is 80.7 cm³/mol. The minimum atomic E-state index is -0.441. The number of nitrogens with two attached hydrogens (primary N) is 1. The Labute approximate surface area is 124 Å². The zero-order chi connectivity index (χ0) is 14.8. The summed E-state index contributed by atoms with van der Waals surface area (Å²) in [6.45, 7) is 1.13. The molecule has 0 radical (unpaired) electrons. The van der Waals surface area contributed by atoms with E-state index >= 15 is 0 Å². The third-order valence-electron chi connectivity index (χ3n) is 3.24. The Morgan fingerprint density at radius 1 is 1.40 bits per heavy atom. The summed E-state index contributed by atoms with van der Waals surface area (Å²) in [4.78, 5) is 22.2. The van der Waals surface area contributed by atoms with E-state index in [1.165, 1.54) is 0 Å². The van der Waals surface area contributed by atoms with Crippen molar-refractivity contribution in [2.45, 2.75) is 43.4 Å². The van der Waals surface area contributed by atoms with E-state index in [9.17, 15) is 9.59 Å². The molecular weight excluding hydrogens is 278 g/mol. The second-order valence-corrected chi connectivity index (χ2v) is 6.32. The van der Waals surface area contributed by atoms with Gasteiger partial charge in [0.05, 0.1) is 6.61 Å². The average Bonchev–Trinajstić information content (AvgIpc) is 2.82. The van der Waals surface area contributed by atoms with Gasteiger partial charge in [-0.1, -0.05) is 6.42 Å². The zero-order valence-corrected chi connectivity index (χ0v) is 12.8. The average molecular weight is 303 g/mol. The Kier molecular flexibility index (Phi) is 8.45. The fourth-order valence-electron chi connectivity index (χ4n) is 2.25. The smallest absolute Gasteiger partial charge is 0.312 e. The van der Waals surface area contributed by atoms with Gasteiger partial charge >= 0.3 is 6.03 Å². The maximum Gasteiger partial charge on any atom is 0.312 e. The van der Waals surface area contributed by atoms with E-state index in [0.717, 1.165) is 31.4 Å². The molecule has 2 unspecified atom stereocenters. The summed E-state index contributed by atoms with van der Waals surface area (Å²) >= 11 is 1.88. The largest absolute Gasteiger partial charge is 0.383 e. The molecule has 3 amide bonds. The molecule has 116 valence electrons. The Morgan fingerprint density at radius 2 is 2.20 bits per heavy atom. The monoisotopic (exact) mass is 303 g/mol. The minimum Gasteiger partial charge on any atom is -0.383 e. The third kappa shape index (κ3) is 7.59. The Morgan fingerprint density at radius 3 is 2.90 bits per heavy atom. The highest BCUT2D eigenvalue weighted by molar-refractivity contribution is 8.00. The van der Waals surface area contributed by atoms with Gasteiger partial charge in [0, 0.05) is 37.1 Å². The van der Waals surface area contributed by atoms with Gasteiger partial charge in [-0.3, -0.25) is 4.79 Å². The van der Waals surface area contributed by atoms with Crippen molar-refractivity contribution in [3.63, 3.8) is 0 Å². The minimum absolute atomic E-state index is 0.0920. The van der Waals surface area contributed by atoms with E-state index in [1.807, 2.05) is 11.8 Å². The lowest BCUT2D eigenvalue weighted by molar-refractivity contribution is -0.121. The van der Waals surface area contributed by atoms with Crippen LogP contribution in [0.3, 0.4) is 0 Å². The summed E-state index contributed by atoms with van der Waals surface area (Å²) in [6.07, 6.45) is 4.59. The molecule has 1 saturated heterocycles. The summed E-state index contributed by atoms with van der Waals surface area (Å²) in [5.41, 5.74) is 5.11. The Bertz CT molecular complexity index is 315. The molecule has 0 aliphatic carbocycles. The molecule has 0 aromatic heterocycles. The number of urea groups is 1. The van der Waals surface area contributed by atoms with Crippen LogP contribution in [-0.4, -0.2) is 49.2 Å². The van der Waals surface area contributed by atoms with Crippen molar-refractivity contribution in [3.05, 3.63) is 0 Å². The summed E-state index contributed by atoms with van der Waals surface area (Å²) in [7, 11) is 1.62. The maximum absolute atomic E-state index is 11.5. The van der Waals surface area contributed by atoms with Crippen LogP contribution < -0.4 is 16.4 Å². The van der Waals surface area contributed by atoms with Crippen molar-refractivity contribution in [1.29, 1.82) is 0 Å². The molecule has 0 saturated carbocycles. The number of hydrogen-bond acceptors (Lipinski definition) is 4. The summed E-state index contributed by atoms with van der Waals surface area (Å²) in [6, 6.07) is -0.233. The predicted octanol–water partition coefficient (Wildman–Crippen LogP) is 0.852. The molecule has 20 heavy (non-hydrogen) atoms. The first kappa shape index (κ1) is 17.1. The first-order valence-electron chi connectivity index (χ1n) is 7.05. The molecule has 0 aromatic carbocycles. The number of ether oxygens (including phenoxy) is 1. The standard InChI is InChI=1S/C13H25N3O3S/c1-19-7-6-15-12(17)5-3-2-4-11-8-10(9-20-11)16-13(14)18/h10-11H,2-9H2,1H3,(H,15,17)(H3,14,16,18). The van der Waals surface area contributed by atoms with E-state index in [0.29, 0.717) is 24.8 Å². The molecule has 1 aliphatic heterocycles. The molecule has 1 fully saturated rings. The highest BCUT2D eigenvalue weighted by atomic mass is 32.2. The molecule has 1 aliphatic rings. The van der Waals surface area contributed by atoms with Gasteiger partial charge in [0.15, 0.2) is 0 Å². The molecule has 7 heteroatoms. The number of unbranched alkanes of at least 4 members (excludes halogenated alkanes) is 1. The van der Waals surface area contributed by atoms with Gasteiger partial charge in [0.1, 0.15) is 0 Å². The molecule has 1 heterocycles. The highest BCUT2D eigenvalue weighted by Gasteiger charge is 2.25. The molecule has 1 rings (SSSR count). The molecular formula is C13H25N3O3S. The van der Waals surface area contributed by atoms with Gasteiger partial charge in [0.2, 0.25) is 5.91 Å². The van der Waals surface area contributed by atoms with Crippen molar-refractivity contribution in [2.75, 3.05) is 26.0 Å². The van der Waals surface area contributed by atoms with Crippen LogP contribution in [0.4, 0.5) is 4.79 Å². The van der Waals surface area contributed by atoms with Gasteiger partial charge in [0.25, 0.3) is 0 Å². The van der Waals surface area contributed by atoms with E-state index in [4.69, 9.17) is 10.5 Å². The second kappa shape index (κ2) is 9.88. The lowest BCUT2D eigenvalue weighted by Crippen LogP contribution is -2.38. The topological polar surface area (TPSA) is 93.4 Å². The van der Waals surface area contributed by atoms with Crippen LogP contribution in [0.1, 0.15) is 32.1 Å². The van der Waals surface area contributed by atoms with Crippen molar-refractivity contribution in [1.82, 2.24) is 10.6 Å². The molecule has 2 atom stereocenters. The van der Waals surface area contributed by atoms with Gasteiger partial charge in [-0.2, -0.15) is 11.8 Å². The van der Waals surface area contributed by atoms with Gasteiger partial charge in [-0.05, 0) is 19.3 Å². The number of nitrogens with one attached hydrogen (secondary N) is 2. The molecule has 0 aromatic rings. The lowest BCUT2D eigenvalue weighted by Gasteiger charge is -2.10. The van der Waals surface area contributed by atoms with Gasteiger partial charge < -0.3 is 21.1 Å². The Hall–Kier alpha value is -0.950. The number of thioether (sulfide) groups is 1. The number of carbonyl (C=O) groups is 2. The number of hydrogen-bond donors (Lipinski definition) is 3. The van der Waals surface area contributed by atoms with E-state index in [1.54, 1.807) is 7.11 Å². The summed E-state index contributed by atoms with van der Waals surface area (Å²) in [5.74, 6) is 1.03. The van der Waals surface area contributed by atoms with Crippen molar-refractivity contribution < 1.29 is 14.3 Å². The van der Waals surface area contributed by atoms with Crippen LogP contribution in [0.15, 0.2) is 0 Å². The van der Waals surface area contributed by atoms with Crippen LogP contribution in [0, 0.1) is 0 Å². The third-order valence-corrected chi connectivity index (χ3v) is 4.73. The fraction of sp³-hybridized carbons (Fsp3) is 0.846. The van der Waals surface area contributed by atoms with Crippen molar-refractivity contribution in [3.8, 4) is 0 Å². The van der Waals surface area contributed by atoms with Crippen molar-refractivity contribution in [2.24, 2.45) is 5.73 Å². The van der Waals surface area contributed by atoms with Crippen LogP contribution in [-0.2, 0) is 9.53 Å². The number of rotatable bonds is 9. The number of carbonyl (C=O) groups excluding carboxylic acids is 2. The van der Waals surface area contributed by atoms with Crippen LogP contribution in [0.2, 0.25) is 0 Å². The highest BCUT2D eigenvalue weighted by Crippen LogP contribution is 2.30. The first-order valence-corrected chi connectivity index (χ1v) is 8.10. The number of primary amides is 1. The maximum atomic E-state index is 11.5. The van der Waals surface area contributed by atoms with Crippen molar-refractivity contribution >= 4 is 23.7 Å². The van der Waals surface area contributed by atoms with Crippen LogP contribution in [0.5, 0.6) is 0 Å². The summed E-state index contributed by atoms with van der Waals surface area (Å²) < 4.78 is 4.87. The number of amides is 3. The van der Waals surface area contributed by atoms with Crippen LogP contribution in [0.25, 0.3) is 0 Å². The van der Waals surface area contributed by atoms with E-state index < -0.39 is 6.03 Å². The quantitative estimate of drug-likeness (QED) is 0.551. The SMILES string of the molecule is COCCNC(=O)CCCCC1CC(NC(N)=O)CS1. The molecule has 0 spiro atoms. The summed E-state index contributed by atoms with van der Waals surface area (Å²) in [5, 5.41) is 6.13. The molecule has 4 N–H and O–H groups in total. The molecule has 6 nitrogen and oxygen atoms in total. The van der Waals surface area contributed by atoms with Crippen LogP contribution >= 0.6 is 11.8 Å². The molecule has 0 bridgehead atoms. The normalized spacial score (nSPS) is 21.6.